The minimum Gasteiger partial charge on any atom is -0.495 e. The number of methoxy groups -OCH3 is 1. The SMILES string of the molecule is COc1ccccc1N(Cc1cc2ccc(C)cc2[nH]c1=O)C(=O)c1cccs1. The summed E-state index contributed by atoms with van der Waals surface area (Å²) in [5, 5.41) is 2.78. The van der Waals surface area contributed by atoms with Crippen LogP contribution in [0.2, 0.25) is 0 Å². The number of hydrogen-bond donors (Lipinski definition) is 1. The van der Waals surface area contributed by atoms with E-state index < -0.39 is 0 Å². The number of aryl methyl sites for hydroxylation is 1. The summed E-state index contributed by atoms with van der Waals surface area (Å²) in [7, 11) is 1.57. The minimum atomic E-state index is -0.207. The largest absolute Gasteiger partial charge is 0.495 e. The Balaban J connectivity index is 1.81. The number of hydrogen-bond acceptors (Lipinski definition) is 4. The number of ether oxygens (including phenoxy) is 1. The molecule has 1 amide bonds. The van der Waals surface area contributed by atoms with E-state index in [1.807, 2.05) is 60.8 Å². The van der Waals surface area contributed by atoms with Gasteiger partial charge in [0.25, 0.3) is 11.5 Å². The molecule has 146 valence electrons. The van der Waals surface area contributed by atoms with Crippen molar-refractivity contribution in [3.8, 4) is 5.75 Å². The van der Waals surface area contributed by atoms with Gasteiger partial charge in [0.1, 0.15) is 5.75 Å². The van der Waals surface area contributed by atoms with Gasteiger partial charge in [-0.1, -0.05) is 30.3 Å². The van der Waals surface area contributed by atoms with Crippen LogP contribution in [0.5, 0.6) is 5.75 Å². The topological polar surface area (TPSA) is 62.4 Å². The first kappa shape index (κ1) is 19.0. The Kier molecular flexibility index (Phi) is 5.18. The van der Waals surface area contributed by atoms with E-state index in [1.165, 1.54) is 11.3 Å². The number of carbonyl (C=O) groups excluding carboxylic acids is 1. The van der Waals surface area contributed by atoms with Gasteiger partial charge in [-0.05, 0) is 53.6 Å². The van der Waals surface area contributed by atoms with Crippen LogP contribution in [-0.2, 0) is 6.54 Å². The number of benzene rings is 2. The van der Waals surface area contributed by atoms with Crippen LogP contribution in [0.25, 0.3) is 10.9 Å². The number of thiophene rings is 1. The lowest BCUT2D eigenvalue weighted by Crippen LogP contribution is -2.32. The van der Waals surface area contributed by atoms with Gasteiger partial charge in [-0.2, -0.15) is 0 Å². The number of fused-ring (bicyclic) bond motifs is 1. The summed E-state index contributed by atoms with van der Waals surface area (Å²) in [6.45, 7) is 2.12. The first-order chi connectivity index (χ1) is 14.1. The van der Waals surface area contributed by atoms with Crippen LogP contribution in [0.4, 0.5) is 5.69 Å². The Morgan fingerprint density at radius 3 is 2.69 bits per heavy atom. The third-order valence-electron chi connectivity index (χ3n) is 4.76. The fourth-order valence-electron chi connectivity index (χ4n) is 3.30. The lowest BCUT2D eigenvalue weighted by Gasteiger charge is -2.24. The number of amides is 1. The maximum absolute atomic E-state index is 13.3. The van der Waals surface area contributed by atoms with E-state index >= 15 is 0 Å². The highest BCUT2D eigenvalue weighted by Gasteiger charge is 2.23. The number of nitrogens with one attached hydrogen (secondary N) is 1. The molecule has 0 bridgehead atoms. The van der Waals surface area contributed by atoms with Crippen molar-refractivity contribution < 1.29 is 9.53 Å². The van der Waals surface area contributed by atoms with Crippen LogP contribution in [0.15, 0.2) is 70.8 Å². The summed E-state index contributed by atoms with van der Waals surface area (Å²) in [5.41, 5.74) is 2.78. The van der Waals surface area contributed by atoms with E-state index in [2.05, 4.69) is 4.98 Å². The Hall–Kier alpha value is -3.38. The molecule has 0 aliphatic carbocycles. The van der Waals surface area contributed by atoms with E-state index in [1.54, 1.807) is 24.1 Å². The molecule has 0 saturated heterocycles. The molecule has 0 spiro atoms. The summed E-state index contributed by atoms with van der Waals surface area (Å²) >= 11 is 1.37. The van der Waals surface area contributed by atoms with Gasteiger partial charge >= 0.3 is 0 Å². The lowest BCUT2D eigenvalue weighted by atomic mass is 10.1. The van der Waals surface area contributed by atoms with Gasteiger partial charge in [-0.25, -0.2) is 0 Å². The third-order valence-corrected chi connectivity index (χ3v) is 5.62. The van der Waals surface area contributed by atoms with Crippen LogP contribution in [0.1, 0.15) is 20.8 Å². The first-order valence-corrected chi connectivity index (χ1v) is 10.1. The van der Waals surface area contributed by atoms with Crippen molar-refractivity contribution >= 4 is 33.8 Å². The third kappa shape index (κ3) is 3.79. The first-order valence-electron chi connectivity index (χ1n) is 9.18. The Bertz CT molecular complexity index is 1230. The number of pyridine rings is 1. The molecular weight excluding hydrogens is 384 g/mol. The number of nitrogens with zero attached hydrogens (tertiary/aromatic N) is 1. The van der Waals surface area contributed by atoms with Crippen molar-refractivity contribution in [2.24, 2.45) is 0 Å². The molecule has 0 atom stereocenters. The highest BCUT2D eigenvalue weighted by atomic mass is 32.1. The van der Waals surface area contributed by atoms with Gasteiger partial charge < -0.3 is 9.72 Å². The van der Waals surface area contributed by atoms with E-state index in [0.717, 1.165) is 16.5 Å². The molecule has 0 saturated carbocycles. The molecule has 6 heteroatoms. The van der Waals surface area contributed by atoms with Gasteiger partial charge in [0, 0.05) is 11.1 Å². The van der Waals surface area contributed by atoms with Crippen molar-refractivity contribution in [2.75, 3.05) is 12.0 Å². The molecule has 1 N–H and O–H groups in total. The normalized spacial score (nSPS) is 10.8. The second kappa shape index (κ2) is 7.93. The molecule has 5 nitrogen and oxygen atoms in total. The number of aromatic amines is 1. The Morgan fingerprint density at radius 1 is 1.10 bits per heavy atom. The summed E-state index contributed by atoms with van der Waals surface area (Å²) in [6, 6.07) is 18.7. The quantitative estimate of drug-likeness (QED) is 0.522. The van der Waals surface area contributed by atoms with Crippen molar-refractivity contribution in [3.63, 3.8) is 0 Å². The molecule has 2 aromatic heterocycles. The summed E-state index contributed by atoms with van der Waals surface area (Å²) in [6.07, 6.45) is 0. The molecule has 4 rings (SSSR count). The Morgan fingerprint density at radius 2 is 1.93 bits per heavy atom. The Labute approximate surface area is 172 Å². The van der Waals surface area contributed by atoms with Gasteiger partial charge in [0.15, 0.2) is 0 Å². The smallest absolute Gasteiger partial charge is 0.268 e. The molecule has 4 aromatic rings. The molecule has 2 aromatic carbocycles. The van der Waals surface area contributed by atoms with Gasteiger partial charge in [0.05, 0.1) is 24.2 Å². The monoisotopic (exact) mass is 404 g/mol. The fourth-order valence-corrected chi connectivity index (χ4v) is 3.97. The van der Waals surface area contributed by atoms with Crippen molar-refractivity contribution in [1.82, 2.24) is 4.98 Å². The molecule has 29 heavy (non-hydrogen) atoms. The van der Waals surface area contributed by atoms with Crippen LogP contribution in [0, 0.1) is 6.92 Å². The minimum absolute atomic E-state index is 0.135. The van der Waals surface area contributed by atoms with E-state index in [-0.39, 0.29) is 18.0 Å². The fraction of sp³-hybridized carbons (Fsp3) is 0.130. The van der Waals surface area contributed by atoms with E-state index in [9.17, 15) is 9.59 Å². The summed E-state index contributed by atoms with van der Waals surface area (Å²) in [5.74, 6) is 0.401. The van der Waals surface area contributed by atoms with Gasteiger partial charge in [0.2, 0.25) is 0 Å². The number of H-pyrrole nitrogens is 1. The zero-order valence-electron chi connectivity index (χ0n) is 16.1. The number of rotatable bonds is 5. The predicted molar refractivity (Wildman–Crippen MR) is 117 cm³/mol. The number of para-hydroxylation sites is 2. The molecular formula is C23H20N2O3S. The van der Waals surface area contributed by atoms with Gasteiger partial charge in [-0.3, -0.25) is 14.5 Å². The van der Waals surface area contributed by atoms with Gasteiger partial charge in [-0.15, -0.1) is 11.3 Å². The van der Waals surface area contributed by atoms with E-state index in [0.29, 0.717) is 21.9 Å². The zero-order valence-corrected chi connectivity index (χ0v) is 17.0. The average Bonchev–Trinajstić information content (AvgIpc) is 3.27. The second-order valence-corrected chi connectivity index (χ2v) is 7.70. The summed E-state index contributed by atoms with van der Waals surface area (Å²) < 4.78 is 5.47. The molecule has 2 heterocycles. The van der Waals surface area contributed by atoms with Crippen molar-refractivity contribution in [3.05, 3.63) is 92.4 Å². The molecule has 0 fully saturated rings. The molecule has 0 radical (unpaired) electrons. The van der Waals surface area contributed by atoms with Crippen molar-refractivity contribution in [1.29, 1.82) is 0 Å². The number of carbonyl (C=O) groups is 1. The second-order valence-electron chi connectivity index (χ2n) is 6.75. The van der Waals surface area contributed by atoms with Crippen LogP contribution < -0.4 is 15.2 Å². The van der Waals surface area contributed by atoms with Crippen molar-refractivity contribution in [2.45, 2.75) is 13.5 Å². The number of anilines is 1. The maximum atomic E-state index is 13.3. The maximum Gasteiger partial charge on any atom is 0.268 e. The van der Waals surface area contributed by atoms with Crippen LogP contribution in [0.3, 0.4) is 0 Å². The summed E-state index contributed by atoms with van der Waals surface area (Å²) in [4.78, 5) is 31.1. The lowest BCUT2D eigenvalue weighted by molar-refractivity contribution is 0.0988. The number of aromatic nitrogens is 1. The highest BCUT2D eigenvalue weighted by Crippen LogP contribution is 2.31. The van der Waals surface area contributed by atoms with E-state index in [4.69, 9.17) is 4.74 Å². The van der Waals surface area contributed by atoms with Crippen LogP contribution >= 0.6 is 11.3 Å². The van der Waals surface area contributed by atoms with Crippen LogP contribution in [-0.4, -0.2) is 18.0 Å². The zero-order chi connectivity index (χ0) is 20.4. The predicted octanol–water partition coefficient (Wildman–Crippen LogP) is 4.75. The highest BCUT2D eigenvalue weighted by molar-refractivity contribution is 7.12. The molecule has 0 aliphatic heterocycles. The molecule has 0 aliphatic rings. The standard InChI is InChI=1S/C23H20N2O3S/c1-15-9-10-16-13-17(22(26)24-18(16)12-15)14-25(23(27)21-8-5-11-29-21)19-6-3-4-7-20(19)28-2/h3-13H,14H2,1-2H3,(H,24,26). The average molecular weight is 404 g/mol. The molecule has 0 unspecified atom stereocenters.